The van der Waals surface area contributed by atoms with Crippen LogP contribution in [-0.2, 0) is 11.2 Å². The fourth-order valence-corrected chi connectivity index (χ4v) is 2.49. The van der Waals surface area contributed by atoms with Crippen LogP contribution in [0.25, 0.3) is 0 Å². The van der Waals surface area contributed by atoms with Gasteiger partial charge >= 0.3 is 0 Å². The summed E-state index contributed by atoms with van der Waals surface area (Å²) in [5.74, 6) is -0.101. The van der Waals surface area contributed by atoms with Crippen LogP contribution in [0.4, 0.5) is 5.69 Å². The lowest BCUT2D eigenvalue weighted by molar-refractivity contribution is -0.115. The topological polar surface area (TPSA) is 49.3 Å². The third kappa shape index (κ3) is 3.52. The van der Waals surface area contributed by atoms with E-state index in [1.54, 1.807) is 30.3 Å². The largest absolute Gasteiger partial charge is 0.508 e. The highest BCUT2D eigenvalue weighted by Gasteiger charge is 2.10. The number of aromatic hydroxyl groups is 1. The number of benzene rings is 2. The smallest absolute Gasteiger partial charge is 0.228 e. The van der Waals surface area contributed by atoms with Crippen LogP contribution in [0.1, 0.15) is 11.1 Å². The summed E-state index contributed by atoms with van der Waals surface area (Å²) in [6.45, 7) is 1.89. The van der Waals surface area contributed by atoms with Crippen LogP contribution in [0, 0.1) is 6.92 Å². The Bertz CT molecular complexity index is 658. The summed E-state index contributed by atoms with van der Waals surface area (Å²) in [5, 5.41) is 13.0. The second kappa shape index (κ2) is 6.29. The molecule has 0 fully saturated rings. The van der Waals surface area contributed by atoms with Gasteiger partial charge in [-0.15, -0.1) is 0 Å². The maximum Gasteiger partial charge on any atom is 0.228 e. The lowest BCUT2D eigenvalue weighted by atomic mass is 10.1. The molecule has 0 unspecified atom stereocenters. The van der Waals surface area contributed by atoms with Gasteiger partial charge in [0, 0.05) is 15.1 Å². The lowest BCUT2D eigenvalue weighted by Gasteiger charge is -2.10. The quantitative estimate of drug-likeness (QED) is 0.863. The van der Waals surface area contributed by atoms with E-state index in [1.807, 2.05) is 13.0 Å². The van der Waals surface area contributed by atoms with Crippen molar-refractivity contribution in [1.82, 2.24) is 0 Å². The number of nitrogens with one attached hydrogen (secondary N) is 1. The van der Waals surface area contributed by atoms with Gasteiger partial charge in [-0.2, -0.15) is 0 Å². The van der Waals surface area contributed by atoms with Crippen LogP contribution >= 0.6 is 27.5 Å². The Morgan fingerprint density at radius 1 is 1.35 bits per heavy atom. The van der Waals surface area contributed by atoms with E-state index >= 15 is 0 Å². The summed E-state index contributed by atoms with van der Waals surface area (Å²) in [4.78, 5) is 12.0. The minimum absolute atomic E-state index is 0.102. The first-order chi connectivity index (χ1) is 9.47. The Hall–Kier alpha value is -1.52. The molecule has 0 bridgehead atoms. The number of para-hydroxylation sites is 1. The molecule has 0 aliphatic carbocycles. The first kappa shape index (κ1) is 14.9. The molecule has 3 nitrogen and oxygen atoms in total. The molecule has 2 aromatic rings. The van der Waals surface area contributed by atoms with Crippen molar-refractivity contribution in [3.05, 3.63) is 57.0 Å². The Morgan fingerprint density at radius 2 is 2.05 bits per heavy atom. The molecule has 0 aliphatic heterocycles. The Balaban J connectivity index is 2.13. The van der Waals surface area contributed by atoms with Gasteiger partial charge in [-0.3, -0.25) is 4.79 Å². The average Bonchev–Trinajstić information content (AvgIpc) is 2.39. The normalized spacial score (nSPS) is 10.3. The summed E-state index contributed by atoms with van der Waals surface area (Å²) in [5.41, 5.74) is 2.12. The lowest BCUT2D eigenvalue weighted by Crippen LogP contribution is -2.15. The average molecular weight is 355 g/mol. The van der Waals surface area contributed by atoms with E-state index < -0.39 is 0 Å². The third-order valence-electron chi connectivity index (χ3n) is 2.87. The van der Waals surface area contributed by atoms with Gasteiger partial charge in [0.25, 0.3) is 0 Å². The van der Waals surface area contributed by atoms with E-state index in [1.165, 1.54) is 0 Å². The molecule has 0 spiro atoms. The van der Waals surface area contributed by atoms with E-state index in [0.717, 1.165) is 10.0 Å². The van der Waals surface area contributed by atoms with Crippen molar-refractivity contribution in [1.29, 1.82) is 0 Å². The van der Waals surface area contributed by atoms with Gasteiger partial charge in [0.15, 0.2) is 0 Å². The number of hydrogen-bond acceptors (Lipinski definition) is 2. The SMILES string of the molecule is Cc1cc(Br)c(NC(=O)Cc2ccccc2O)cc1Cl. The zero-order valence-corrected chi connectivity index (χ0v) is 13.1. The summed E-state index contributed by atoms with van der Waals surface area (Å²) in [6, 6.07) is 10.3. The molecule has 104 valence electrons. The maximum atomic E-state index is 12.0. The van der Waals surface area contributed by atoms with Crippen molar-refractivity contribution in [3.8, 4) is 5.75 Å². The van der Waals surface area contributed by atoms with Gasteiger partial charge < -0.3 is 10.4 Å². The number of carbonyl (C=O) groups is 1. The van der Waals surface area contributed by atoms with Crippen molar-refractivity contribution in [3.63, 3.8) is 0 Å². The van der Waals surface area contributed by atoms with E-state index in [2.05, 4.69) is 21.2 Å². The second-order valence-corrected chi connectivity index (χ2v) is 5.70. The molecule has 5 heteroatoms. The van der Waals surface area contributed by atoms with Crippen LogP contribution in [0.3, 0.4) is 0 Å². The van der Waals surface area contributed by atoms with Crippen molar-refractivity contribution < 1.29 is 9.90 Å². The highest BCUT2D eigenvalue weighted by atomic mass is 79.9. The van der Waals surface area contributed by atoms with Gasteiger partial charge in [-0.25, -0.2) is 0 Å². The van der Waals surface area contributed by atoms with Gasteiger partial charge in [0.2, 0.25) is 5.91 Å². The number of hydrogen-bond donors (Lipinski definition) is 2. The van der Waals surface area contributed by atoms with Gasteiger partial charge in [-0.05, 0) is 46.6 Å². The number of anilines is 1. The summed E-state index contributed by atoms with van der Waals surface area (Å²) >= 11 is 9.43. The van der Waals surface area contributed by atoms with Crippen LogP contribution in [0.2, 0.25) is 5.02 Å². The first-order valence-corrected chi connectivity index (χ1v) is 7.17. The number of rotatable bonds is 3. The number of aryl methyl sites for hydroxylation is 1. The predicted octanol–water partition coefficient (Wildman–Crippen LogP) is 4.30. The zero-order valence-electron chi connectivity index (χ0n) is 10.8. The van der Waals surface area contributed by atoms with E-state index in [4.69, 9.17) is 11.6 Å². The predicted molar refractivity (Wildman–Crippen MR) is 84.3 cm³/mol. The Labute approximate surface area is 130 Å². The molecule has 2 N–H and O–H groups in total. The minimum Gasteiger partial charge on any atom is -0.508 e. The standard InChI is InChI=1S/C15H13BrClNO2/c1-9-6-11(16)13(8-12(9)17)18-15(20)7-10-4-2-3-5-14(10)19/h2-6,8,19H,7H2,1H3,(H,18,20). The first-order valence-electron chi connectivity index (χ1n) is 5.99. The summed E-state index contributed by atoms with van der Waals surface area (Å²) in [7, 11) is 0. The molecule has 20 heavy (non-hydrogen) atoms. The second-order valence-electron chi connectivity index (χ2n) is 4.43. The van der Waals surface area contributed by atoms with Crippen LogP contribution in [0.5, 0.6) is 5.75 Å². The molecular weight excluding hydrogens is 342 g/mol. The van der Waals surface area contributed by atoms with Crippen LogP contribution in [0.15, 0.2) is 40.9 Å². The Kier molecular flexibility index (Phi) is 4.68. The molecule has 0 saturated heterocycles. The van der Waals surface area contributed by atoms with Crippen molar-refractivity contribution >= 4 is 39.1 Å². The molecule has 1 amide bonds. The maximum absolute atomic E-state index is 12.0. The van der Waals surface area contributed by atoms with E-state index in [0.29, 0.717) is 16.3 Å². The zero-order chi connectivity index (χ0) is 14.7. The third-order valence-corrected chi connectivity index (χ3v) is 3.93. The molecule has 0 aromatic heterocycles. The Morgan fingerprint density at radius 3 is 2.75 bits per heavy atom. The van der Waals surface area contributed by atoms with E-state index in [9.17, 15) is 9.90 Å². The summed E-state index contributed by atoms with van der Waals surface area (Å²) in [6.07, 6.45) is 0.102. The van der Waals surface area contributed by atoms with Crippen LogP contribution in [-0.4, -0.2) is 11.0 Å². The molecule has 2 rings (SSSR count). The molecule has 0 saturated carbocycles. The molecule has 0 heterocycles. The van der Waals surface area contributed by atoms with Crippen molar-refractivity contribution in [2.75, 3.05) is 5.32 Å². The monoisotopic (exact) mass is 353 g/mol. The molecular formula is C15H13BrClNO2. The minimum atomic E-state index is -0.216. The van der Waals surface area contributed by atoms with Crippen LogP contribution < -0.4 is 5.32 Å². The summed E-state index contributed by atoms with van der Waals surface area (Å²) < 4.78 is 0.769. The molecule has 0 aliphatic rings. The van der Waals surface area contributed by atoms with Gasteiger partial charge in [0.05, 0.1) is 12.1 Å². The number of phenolic OH excluding ortho intramolecular Hbond substituents is 1. The fraction of sp³-hybridized carbons (Fsp3) is 0.133. The molecule has 0 radical (unpaired) electrons. The van der Waals surface area contributed by atoms with Crippen molar-refractivity contribution in [2.45, 2.75) is 13.3 Å². The molecule has 2 aromatic carbocycles. The number of halogens is 2. The highest BCUT2D eigenvalue weighted by molar-refractivity contribution is 9.10. The van der Waals surface area contributed by atoms with Gasteiger partial charge in [0.1, 0.15) is 5.75 Å². The number of phenols is 1. The molecule has 0 atom stereocenters. The number of carbonyl (C=O) groups excluding carboxylic acids is 1. The highest BCUT2D eigenvalue weighted by Crippen LogP contribution is 2.29. The van der Waals surface area contributed by atoms with E-state index in [-0.39, 0.29) is 18.1 Å². The van der Waals surface area contributed by atoms with Crippen molar-refractivity contribution in [2.24, 2.45) is 0 Å². The fourth-order valence-electron chi connectivity index (χ4n) is 1.77. The number of amides is 1. The van der Waals surface area contributed by atoms with Gasteiger partial charge in [-0.1, -0.05) is 29.8 Å².